The smallest absolute Gasteiger partial charge is 0.264 e. The van der Waals surface area contributed by atoms with E-state index in [1.807, 2.05) is 31.2 Å². The molecule has 0 atom stereocenters. The zero-order chi connectivity index (χ0) is 18.7. The summed E-state index contributed by atoms with van der Waals surface area (Å²) in [5.41, 5.74) is 1.21. The van der Waals surface area contributed by atoms with Gasteiger partial charge in [0.25, 0.3) is 5.56 Å². The quantitative estimate of drug-likeness (QED) is 0.663. The summed E-state index contributed by atoms with van der Waals surface area (Å²) >= 11 is 0. The van der Waals surface area contributed by atoms with Crippen molar-refractivity contribution in [2.75, 3.05) is 13.7 Å². The lowest BCUT2D eigenvalue weighted by Crippen LogP contribution is -2.33. The van der Waals surface area contributed by atoms with Crippen LogP contribution in [0.1, 0.15) is 12.5 Å². The first-order chi connectivity index (χ1) is 12.5. The van der Waals surface area contributed by atoms with Crippen LogP contribution in [0.15, 0.2) is 41.6 Å². The molecule has 2 aromatic heterocycles. The third-order valence-electron chi connectivity index (χ3n) is 4.10. The summed E-state index contributed by atoms with van der Waals surface area (Å²) in [6.07, 6.45) is 2.85. The number of hydrogen-bond acceptors (Lipinski definition) is 5. The van der Waals surface area contributed by atoms with E-state index in [2.05, 4.69) is 10.1 Å². The van der Waals surface area contributed by atoms with Crippen molar-refractivity contribution in [3.05, 3.63) is 52.7 Å². The SMILES string of the molecule is CCOc1ccc(CN(C)C(=O)Cn2cnc3c(cnn3C)c2=O)cc1. The summed E-state index contributed by atoms with van der Waals surface area (Å²) in [5, 5.41) is 4.42. The average Bonchev–Trinajstić information content (AvgIpc) is 3.01. The maximum Gasteiger partial charge on any atom is 0.264 e. The van der Waals surface area contributed by atoms with Crippen LogP contribution in [-0.2, 0) is 24.9 Å². The number of nitrogens with zero attached hydrogens (tertiary/aromatic N) is 5. The van der Waals surface area contributed by atoms with Crippen molar-refractivity contribution in [3.8, 4) is 5.75 Å². The van der Waals surface area contributed by atoms with E-state index in [4.69, 9.17) is 4.74 Å². The van der Waals surface area contributed by atoms with Crippen LogP contribution in [0, 0.1) is 0 Å². The third-order valence-corrected chi connectivity index (χ3v) is 4.10. The van der Waals surface area contributed by atoms with Crippen molar-refractivity contribution in [2.45, 2.75) is 20.0 Å². The van der Waals surface area contributed by atoms with Crippen LogP contribution < -0.4 is 10.3 Å². The van der Waals surface area contributed by atoms with Crippen LogP contribution in [-0.4, -0.2) is 43.8 Å². The summed E-state index contributed by atoms with van der Waals surface area (Å²) in [6, 6.07) is 7.60. The minimum absolute atomic E-state index is 0.0653. The zero-order valence-electron chi connectivity index (χ0n) is 15.0. The molecule has 8 nitrogen and oxygen atoms in total. The van der Waals surface area contributed by atoms with Gasteiger partial charge in [-0.15, -0.1) is 0 Å². The Bertz CT molecular complexity index is 975. The molecule has 26 heavy (non-hydrogen) atoms. The number of benzene rings is 1. The standard InChI is InChI=1S/C18H21N5O3/c1-4-26-14-7-5-13(6-8-14)10-21(2)16(24)11-23-12-19-17-15(18(23)25)9-20-22(17)3/h5-9,12H,4,10-11H2,1-3H3. The van der Waals surface area contributed by atoms with Gasteiger partial charge in [0.05, 0.1) is 12.8 Å². The largest absolute Gasteiger partial charge is 0.494 e. The van der Waals surface area contributed by atoms with Gasteiger partial charge in [0.2, 0.25) is 5.91 Å². The highest BCUT2D eigenvalue weighted by Gasteiger charge is 2.14. The molecule has 0 aliphatic rings. The molecule has 0 aliphatic carbocycles. The van der Waals surface area contributed by atoms with Gasteiger partial charge >= 0.3 is 0 Å². The fourth-order valence-electron chi connectivity index (χ4n) is 2.67. The maximum absolute atomic E-state index is 12.5. The van der Waals surface area contributed by atoms with Crippen molar-refractivity contribution >= 4 is 16.9 Å². The number of amides is 1. The molecule has 0 radical (unpaired) electrons. The molecule has 1 amide bonds. The number of aryl methyl sites for hydroxylation is 1. The zero-order valence-corrected chi connectivity index (χ0v) is 15.0. The highest BCUT2D eigenvalue weighted by atomic mass is 16.5. The molecule has 0 bridgehead atoms. The van der Waals surface area contributed by atoms with Gasteiger partial charge in [-0.3, -0.25) is 18.8 Å². The molecule has 0 saturated carbocycles. The van der Waals surface area contributed by atoms with E-state index in [1.54, 1.807) is 19.0 Å². The molecular weight excluding hydrogens is 334 g/mol. The Morgan fingerprint density at radius 2 is 2.00 bits per heavy atom. The number of likely N-dealkylation sites (N-methyl/N-ethyl adjacent to an activating group) is 1. The van der Waals surface area contributed by atoms with Gasteiger partial charge in [-0.2, -0.15) is 5.10 Å². The van der Waals surface area contributed by atoms with E-state index in [1.165, 1.54) is 21.8 Å². The Balaban J connectivity index is 1.69. The number of carbonyl (C=O) groups is 1. The molecule has 0 unspecified atom stereocenters. The van der Waals surface area contributed by atoms with Crippen LogP contribution in [0.3, 0.4) is 0 Å². The molecule has 0 saturated heterocycles. The summed E-state index contributed by atoms with van der Waals surface area (Å²) in [5.74, 6) is 0.624. The van der Waals surface area contributed by atoms with E-state index in [0.29, 0.717) is 24.2 Å². The second kappa shape index (κ2) is 7.38. The summed E-state index contributed by atoms with van der Waals surface area (Å²) < 4.78 is 8.25. The van der Waals surface area contributed by atoms with Gasteiger partial charge in [0.1, 0.15) is 24.0 Å². The third kappa shape index (κ3) is 3.58. The second-order valence-corrected chi connectivity index (χ2v) is 6.01. The number of rotatable bonds is 6. The Morgan fingerprint density at radius 3 is 2.69 bits per heavy atom. The van der Waals surface area contributed by atoms with Gasteiger partial charge in [-0.1, -0.05) is 12.1 Å². The Labute approximate surface area is 150 Å². The number of ether oxygens (including phenoxy) is 1. The van der Waals surface area contributed by atoms with Gasteiger partial charge in [0, 0.05) is 20.6 Å². The summed E-state index contributed by atoms with van der Waals surface area (Å²) in [6.45, 7) is 2.93. The Hall–Kier alpha value is -3.16. The predicted molar refractivity (Wildman–Crippen MR) is 96.9 cm³/mol. The first kappa shape index (κ1) is 17.7. The highest BCUT2D eigenvalue weighted by Crippen LogP contribution is 2.13. The monoisotopic (exact) mass is 355 g/mol. The lowest BCUT2D eigenvalue weighted by atomic mass is 10.2. The minimum atomic E-state index is -0.272. The molecular formula is C18H21N5O3. The topological polar surface area (TPSA) is 82.2 Å². The normalized spacial score (nSPS) is 10.9. The molecule has 0 spiro atoms. The highest BCUT2D eigenvalue weighted by molar-refractivity contribution is 5.77. The summed E-state index contributed by atoms with van der Waals surface area (Å²) in [7, 11) is 3.43. The predicted octanol–water partition coefficient (Wildman–Crippen LogP) is 1.19. The number of hydrogen-bond donors (Lipinski definition) is 0. The first-order valence-electron chi connectivity index (χ1n) is 8.32. The Kier molecular flexibility index (Phi) is 5.01. The van der Waals surface area contributed by atoms with Crippen molar-refractivity contribution in [1.29, 1.82) is 0 Å². The fourth-order valence-corrected chi connectivity index (χ4v) is 2.67. The molecule has 0 aliphatic heterocycles. The van der Waals surface area contributed by atoms with Gasteiger partial charge in [-0.25, -0.2) is 4.98 Å². The van der Waals surface area contributed by atoms with Gasteiger partial charge in [0.15, 0.2) is 5.65 Å². The Morgan fingerprint density at radius 1 is 1.27 bits per heavy atom. The number of fused-ring (bicyclic) bond motifs is 1. The maximum atomic E-state index is 12.5. The van der Waals surface area contributed by atoms with Crippen molar-refractivity contribution in [2.24, 2.45) is 7.05 Å². The van der Waals surface area contributed by atoms with Crippen LogP contribution >= 0.6 is 0 Å². The van der Waals surface area contributed by atoms with Crippen LogP contribution in [0.4, 0.5) is 0 Å². The van der Waals surface area contributed by atoms with E-state index < -0.39 is 0 Å². The number of carbonyl (C=O) groups excluding carboxylic acids is 1. The molecule has 1 aromatic carbocycles. The van der Waals surface area contributed by atoms with Crippen LogP contribution in [0.25, 0.3) is 11.0 Å². The fraction of sp³-hybridized carbons (Fsp3) is 0.333. The van der Waals surface area contributed by atoms with Crippen molar-refractivity contribution in [3.63, 3.8) is 0 Å². The van der Waals surface area contributed by atoms with Gasteiger partial charge < -0.3 is 9.64 Å². The number of aromatic nitrogens is 4. The molecule has 3 rings (SSSR count). The lowest BCUT2D eigenvalue weighted by Gasteiger charge is -2.18. The molecule has 8 heteroatoms. The minimum Gasteiger partial charge on any atom is -0.494 e. The average molecular weight is 355 g/mol. The van der Waals surface area contributed by atoms with Crippen molar-refractivity contribution in [1.82, 2.24) is 24.2 Å². The first-order valence-corrected chi connectivity index (χ1v) is 8.32. The van der Waals surface area contributed by atoms with Crippen LogP contribution in [0.5, 0.6) is 5.75 Å². The van der Waals surface area contributed by atoms with Crippen molar-refractivity contribution < 1.29 is 9.53 Å². The second-order valence-electron chi connectivity index (χ2n) is 6.01. The molecule has 136 valence electrons. The van der Waals surface area contributed by atoms with E-state index in [9.17, 15) is 9.59 Å². The van der Waals surface area contributed by atoms with E-state index in [0.717, 1.165) is 11.3 Å². The summed E-state index contributed by atoms with van der Waals surface area (Å²) in [4.78, 5) is 30.7. The lowest BCUT2D eigenvalue weighted by molar-refractivity contribution is -0.131. The molecule has 0 N–H and O–H groups in total. The van der Waals surface area contributed by atoms with E-state index >= 15 is 0 Å². The van der Waals surface area contributed by atoms with Crippen LogP contribution in [0.2, 0.25) is 0 Å². The molecule has 2 heterocycles. The molecule has 3 aromatic rings. The van der Waals surface area contributed by atoms with Gasteiger partial charge in [-0.05, 0) is 24.6 Å². The van der Waals surface area contributed by atoms with E-state index in [-0.39, 0.29) is 18.0 Å². The molecule has 0 fully saturated rings.